The lowest BCUT2D eigenvalue weighted by molar-refractivity contribution is 0.752. The van der Waals surface area contributed by atoms with Crippen molar-refractivity contribution in [1.29, 1.82) is 0 Å². The van der Waals surface area contributed by atoms with Crippen LogP contribution < -0.4 is 5.32 Å². The summed E-state index contributed by atoms with van der Waals surface area (Å²) >= 11 is 0. The van der Waals surface area contributed by atoms with Crippen LogP contribution in [0.1, 0.15) is 24.1 Å². The Labute approximate surface area is 125 Å². The fourth-order valence-corrected chi connectivity index (χ4v) is 2.48. The van der Waals surface area contributed by atoms with Crippen molar-refractivity contribution in [1.82, 2.24) is 9.55 Å². The van der Waals surface area contributed by atoms with Crippen LogP contribution in [0.15, 0.2) is 73.1 Å². The highest BCUT2D eigenvalue weighted by Gasteiger charge is 2.15. The maximum atomic E-state index is 4.43. The zero-order chi connectivity index (χ0) is 14.5. The second-order valence-corrected chi connectivity index (χ2v) is 4.94. The summed E-state index contributed by atoms with van der Waals surface area (Å²) in [7, 11) is 0. The van der Waals surface area contributed by atoms with E-state index in [-0.39, 0.29) is 6.04 Å². The van der Waals surface area contributed by atoms with Gasteiger partial charge in [0.25, 0.3) is 0 Å². The minimum absolute atomic E-state index is 0.0973. The molecule has 0 bridgehead atoms. The van der Waals surface area contributed by atoms with Crippen molar-refractivity contribution in [3.63, 3.8) is 0 Å². The smallest absolute Gasteiger partial charge is 0.203 e. The molecule has 1 N–H and O–H groups in total. The Morgan fingerprint density at radius 1 is 0.952 bits per heavy atom. The summed E-state index contributed by atoms with van der Waals surface area (Å²) in [6.45, 7) is 3.02. The number of nitrogens with zero attached hydrogens (tertiary/aromatic N) is 2. The Kier molecular flexibility index (Phi) is 4.01. The highest BCUT2D eigenvalue weighted by molar-refractivity contribution is 5.41. The molecule has 1 aromatic heterocycles. The molecule has 2 aromatic carbocycles. The fraction of sp³-hybridized carbons (Fsp3) is 0.167. The SMILES string of the molecule is CCn1ccnc1NC(c1ccccc1)c1ccccc1. The molecule has 3 rings (SSSR count). The van der Waals surface area contributed by atoms with Crippen molar-refractivity contribution in [3.05, 3.63) is 84.2 Å². The van der Waals surface area contributed by atoms with Crippen LogP contribution in [0.5, 0.6) is 0 Å². The van der Waals surface area contributed by atoms with Gasteiger partial charge in [0.2, 0.25) is 5.95 Å². The lowest BCUT2D eigenvalue weighted by atomic mass is 9.99. The minimum atomic E-state index is 0.0973. The average Bonchev–Trinajstić information content (AvgIpc) is 3.01. The number of rotatable bonds is 5. The number of benzene rings is 2. The summed E-state index contributed by atoms with van der Waals surface area (Å²) in [5, 5.41) is 3.56. The summed E-state index contributed by atoms with van der Waals surface area (Å²) in [4.78, 5) is 4.43. The largest absolute Gasteiger partial charge is 0.345 e. The number of aromatic nitrogens is 2. The molecule has 21 heavy (non-hydrogen) atoms. The third-order valence-corrected chi connectivity index (χ3v) is 3.60. The zero-order valence-electron chi connectivity index (χ0n) is 12.1. The van der Waals surface area contributed by atoms with E-state index >= 15 is 0 Å². The van der Waals surface area contributed by atoms with E-state index in [2.05, 4.69) is 70.3 Å². The van der Waals surface area contributed by atoms with Gasteiger partial charge in [-0.25, -0.2) is 4.98 Å². The summed E-state index contributed by atoms with van der Waals surface area (Å²) in [6.07, 6.45) is 3.83. The zero-order valence-corrected chi connectivity index (χ0v) is 12.1. The molecule has 0 saturated carbocycles. The first kappa shape index (κ1) is 13.4. The third-order valence-electron chi connectivity index (χ3n) is 3.60. The first-order chi connectivity index (χ1) is 10.4. The molecule has 3 aromatic rings. The first-order valence-corrected chi connectivity index (χ1v) is 7.26. The van der Waals surface area contributed by atoms with E-state index in [0.29, 0.717) is 0 Å². The summed E-state index contributed by atoms with van der Waals surface area (Å²) < 4.78 is 2.11. The molecule has 0 aliphatic rings. The summed E-state index contributed by atoms with van der Waals surface area (Å²) in [6, 6.07) is 21.0. The van der Waals surface area contributed by atoms with E-state index in [1.807, 2.05) is 24.5 Å². The van der Waals surface area contributed by atoms with Gasteiger partial charge in [-0.3, -0.25) is 0 Å². The second kappa shape index (κ2) is 6.27. The van der Waals surface area contributed by atoms with Gasteiger partial charge in [-0.05, 0) is 18.1 Å². The van der Waals surface area contributed by atoms with Crippen molar-refractivity contribution in [2.24, 2.45) is 0 Å². The Morgan fingerprint density at radius 3 is 2.05 bits per heavy atom. The maximum absolute atomic E-state index is 4.43. The number of nitrogens with one attached hydrogen (secondary N) is 1. The van der Waals surface area contributed by atoms with Gasteiger partial charge in [0, 0.05) is 18.9 Å². The molecule has 0 unspecified atom stereocenters. The molecule has 0 radical (unpaired) electrons. The van der Waals surface area contributed by atoms with Crippen molar-refractivity contribution in [2.75, 3.05) is 5.32 Å². The number of aryl methyl sites for hydroxylation is 1. The van der Waals surface area contributed by atoms with Crippen molar-refractivity contribution in [3.8, 4) is 0 Å². The standard InChI is InChI=1S/C18H19N3/c1-2-21-14-13-19-18(21)20-17(15-9-5-3-6-10-15)16-11-7-4-8-12-16/h3-14,17H,2H2,1H3,(H,19,20). The van der Waals surface area contributed by atoms with E-state index in [4.69, 9.17) is 0 Å². The molecule has 0 aliphatic carbocycles. The van der Waals surface area contributed by atoms with Crippen molar-refractivity contribution >= 4 is 5.95 Å². The number of hydrogen-bond acceptors (Lipinski definition) is 2. The van der Waals surface area contributed by atoms with E-state index in [0.717, 1.165) is 12.5 Å². The Bertz CT molecular complexity index is 634. The van der Waals surface area contributed by atoms with Crippen molar-refractivity contribution < 1.29 is 0 Å². The van der Waals surface area contributed by atoms with E-state index in [9.17, 15) is 0 Å². The topological polar surface area (TPSA) is 29.9 Å². The fourth-order valence-electron chi connectivity index (χ4n) is 2.48. The van der Waals surface area contributed by atoms with Crippen LogP contribution in [-0.4, -0.2) is 9.55 Å². The van der Waals surface area contributed by atoms with Crippen LogP contribution in [-0.2, 0) is 6.54 Å². The lowest BCUT2D eigenvalue weighted by Crippen LogP contribution is -2.15. The third kappa shape index (κ3) is 2.97. The normalized spacial score (nSPS) is 10.8. The minimum Gasteiger partial charge on any atom is -0.345 e. The van der Waals surface area contributed by atoms with Gasteiger partial charge in [-0.2, -0.15) is 0 Å². The molecule has 1 heterocycles. The van der Waals surface area contributed by atoms with E-state index in [1.165, 1.54) is 11.1 Å². The second-order valence-electron chi connectivity index (χ2n) is 4.94. The van der Waals surface area contributed by atoms with Crippen LogP contribution in [0.2, 0.25) is 0 Å². The van der Waals surface area contributed by atoms with Gasteiger partial charge in [-0.15, -0.1) is 0 Å². The van der Waals surface area contributed by atoms with Crippen LogP contribution in [0.4, 0.5) is 5.95 Å². The molecule has 0 fully saturated rings. The molecular formula is C18H19N3. The monoisotopic (exact) mass is 277 g/mol. The van der Waals surface area contributed by atoms with Crippen LogP contribution >= 0.6 is 0 Å². The predicted molar refractivity (Wildman–Crippen MR) is 86.3 cm³/mol. The van der Waals surface area contributed by atoms with Crippen LogP contribution in [0.25, 0.3) is 0 Å². The maximum Gasteiger partial charge on any atom is 0.203 e. The molecule has 0 spiro atoms. The quantitative estimate of drug-likeness (QED) is 0.760. The molecule has 3 heteroatoms. The summed E-state index contributed by atoms with van der Waals surface area (Å²) in [5.74, 6) is 0.898. The first-order valence-electron chi connectivity index (χ1n) is 7.26. The Balaban J connectivity index is 1.97. The molecule has 0 atom stereocenters. The average molecular weight is 277 g/mol. The Morgan fingerprint density at radius 2 is 1.52 bits per heavy atom. The lowest BCUT2D eigenvalue weighted by Gasteiger charge is -2.21. The van der Waals surface area contributed by atoms with Gasteiger partial charge >= 0.3 is 0 Å². The highest BCUT2D eigenvalue weighted by Crippen LogP contribution is 2.25. The predicted octanol–water partition coefficient (Wildman–Crippen LogP) is 4.10. The van der Waals surface area contributed by atoms with Crippen LogP contribution in [0, 0.1) is 0 Å². The molecule has 3 nitrogen and oxygen atoms in total. The molecule has 0 aliphatic heterocycles. The molecule has 0 amide bonds. The van der Waals surface area contributed by atoms with E-state index < -0.39 is 0 Å². The van der Waals surface area contributed by atoms with Crippen LogP contribution in [0.3, 0.4) is 0 Å². The van der Waals surface area contributed by atoms with Crippen molar-refractivity contribution in [2.45, 2.75) is 19.5 Å². The van der Waals surface area contributed by atoms with Gasteiger partial charge in [0.1, 0.15) is 0 Å². The van der Waals surface area contributed by atoms with Gasteiger partial charge in [0.05, 0.1) is 6.04 Å². The number of hydrogen-bond donors (Lipinski definition) is 1. The van der Waals surface area contributed by atoms with Gasteiger partial charge in [-0.1, -0.05) is 60.7 Å². The molecule has 0 saturated heterocycles. The van der Waals surface area contributed by atoms with Gasteiger partial charge < -0.3 is 9.88 Å². The highest BCUT2D eigenvalue weighted by atomic mass is 15.2. The molecule has 106 valence electrons. The number of anilines is 1. The van der Waals surface area contributed by atoms with Gasteiger partial charge in [0.15, 0.2) is 0 Å². The summed E-state index contributed by atoms with van der Waals surface area (Å²) in [5.41, 5.74) is 2.46. The molecular weight excluding hydrogens is 258 g/mol. The number of imidazole rings is 1. The van der Waals surface area contributed by atoms with E-state index in [1.54, 1.807) is 0 Å². The Hall–Kier alpha value is -2.55.